The fraction of sp³-hybridized carbons (Fsp3) is 0.263. The Morgan fingerprint density at radius 1 is 1.04 bits per heavy atom. The molecule has 124 valence electrons. The van der Waals surface area contributed by atoms with Gasteiger partial charge in [0.05, 0.1) is 17.7 Å². The fourth-order valence-electron chi connectivity index (χ4n) is 2.48. The lowest BCUT2D eigenvalue weighted by molar-refractivity contribution is -0.129. The molecule has 0 fully saturated rings. The first-order valence-electron chi connectivity index (χ1n) is 7.85. The van der Waals surface area contributed by atoms with Crippen LogP contribution in [0, 0.1) is 11.3 Å². The molecule has 0 unspecified atom stereocenters. The van der Waals surface area contributed by atoms with Crippen molar-refractivity contribution in [2.24, 2.45) is 0 Å². The van der Waals surface area contributed by atoms with Crippen LogP contribution in [0.4, 0.5) is 0 Å². The average Bonchev–Trinajstić information content (AvgIpc) is 2.65. The molecule has 0 spiro atoms. The summed E-state index contributed by atoms with van der Waals surface area (Å²) >= 11 is 0. The Morgan fingerprint density at radius 2 is 1.62 bits per heavy atom. The van der Waals surface area contributed by atoms with Crippen LogP contribution in [0.2, 0.25) is 0 Å². The number of rotatable bonds is 7. The molecule has 2 aromatic carbocycles. The van der Waals surface area contributed by atoms with Gasteiger partial charge in [0.2, 0.25) is 5.91 Å². The molecule has 24 heavy (non-hydrogen) atoms. The average molecular weight is 324 g/mol. The van der Waals surface area contributed by atoms with Gasteiger partial charge in [-0.05, 0) is 41.7 Å². The van der Waals surface area contributed by atoms with Gasteiger partial charge in [0, 0.05) is 6.42 Å². The lowest BCUT2D eigenvalue weighted by Gasteiger charge is -2.11. The maximum absolute atomic E-state index is 10.9. The number of nitrogens with one attached hydrogen (secondary N) is 1. The van der Waals surface area contributed by atoms with Gasteiger partial charge in [0.25, 0.3) is 0 Å². The molecule has 0 aliphatic heterocycles. The molecule has 0 aromatic heterocycles. The van der Waals surface area contributed by atoms with E-state index in [9.17, 15) is 9.90 Å². The molecule has 0 heterocycles. The Morgan fingerprint density at radius 3 is 2.17 bits per heavy atom. The molecule has 0 radical (unpaired) electrons. The maximum atomic E-state index is 10.9. The molecule has 1 amide bonds. The number of hydrogen-bond acceptors (Lipinski definition) is 4. The van der Waals surface area contributed by atoms with E-state index in [-0.39, 0.29) is 6.42 Å². The highest BCUT2D eigenvalue weighted by atomic mass is 16.5. The van der Waals surface area contributed by atoms with Crippen LogP contribution < -0.4 is 5.48 Å². The van der Waals surface area contributed by atoms with E-state index in [0.717, 1.165) is 16.7 Å². The molecule has 5 nitrogen and oxygen atoms in total. The Labute approximate surface area is 141 Å². The molecular weight excluding hydrogens is 304 g/mol. The second-order valence-electron chi connectivity index (χ2n) is 5.61. The van der Waals surface area contributed by atoms with Gasteiger partial charge in [-0.25, -0.2) is 5.48 Å². The minimum atomic E-state index is -0.572. The first-order valence-corrected chi connectivity index (χ1v) is 7.85. The molecule has 0 saturated heterocycles. The van der Waals surface area contributed by atoms with Crippen molar-refractivity contribution in [1.29, 1.82) is 5.26 Å². The highest BCUT2D eigenvalue weighted by molar-refractivity contribution is 5.74. The number of aliphatic hydroxyl groups is 1. The Balaban J connectivity index is 1.90. The lowest BCUT2D eigenvalue weighted by Crippen LogP contribution is -2.17. The third-order valence-corrected chi connectivity index (χ3v) is 3.90. The van der Waals surface area contributed by atoms with Crippen LogP contribution in [-0.4, -0.2) is 16.2 Å². The molecule has 0 aliphatic rings. The summed E-state index contributed by atoms with van der Waals surface area (Å²) < 4.78 is 0. The third kappa shape index (κ3) is 4.92. The first-order chi connectivity index (χ1) is 11.6. The van der Waals surface area contributed by atoms with Crippen molar-refractivity contribution in [3.05, 3.63) is 59.7 Å². The molecule has 0 aliphatic carbocycles. The smallest absolute Gasteiger partial charge is 0.243 e. The number of nitrogens with zero attached hydrogens (tertiary/aromatic N) is 1. The number of carbonyl (C=O) groups excluding carboxylic acids is 1. The van der Waals surface area contributed by atoms with Gasteiger partial charge >= 0.3 is 0 Å². The Bertz CT molecular complexity index is 703. The predicted molar refractivity (Wildman–Crippen MR) is 90.0 cm³/mol. The SMILES string of the molecule is N#Cc1ccc(-c2ccc([C@H](O)CCCCC(=O)NO)cc2)cc1. The molecule has 3 N–H and O–H groups in total. The standard InChI is InChI=1S/C19H20N2O3/c20-13-14-5-7-15(8-6-14)16-9-11-17(12-10-16)18(22)3-1-2-4-19(23)21-24/h5-12,18,22,24H,1-4H2,(H,21,23)/t18-/m1/s1. The van der Waals surface area contributed by atoms with Crippen molar-refractivity contribution < 1.29 is 15.1 Å². The first kappa shape index (κ1) is 17.7. The van der Waals surface area contributed by atoms with Crippen molar-refractivity contribution in [2.45, 2.75) is 31.8 Å². The second-order valence-corrected chi connectivity index (χ2v) is 5.61. The Kier molecular flexibility index (Phi) is 6.50. The van der Waals surface area contributed by atoms with Gasteiger partial charge in [-0.2, -0.15) is 5.26 Å². The van der Waals surface area contributed by atoms with E-state index in [1.807, 2.05) is 36.4 Å². The minimum absolute atomic E-state index is 0.251. The van der Waals surface area contributed by atoms with Crippen LogP contribution in [0.1, 0.15) is 42.9 Å². The third-order valence-electron chi connectivity index (χ3n) is 3.90. The van der Waals surface area contributed by atoms with Crippen LogP contribution >= 0.6 is 0 Å². The number of amides is 1. The van der Waals surface area contributed by atoms with Gasteiger partial charge in [0.15, 0.2) is 0 Å². The van der Waals surface area contributed by atoms with Crippen molar-refractivity contribution in [2.75, 3.05) is 0 Å². The summed E-state index contributed by atoms with van der Waals surface area (Å²) in [4.78, 5) is 10.9. The Hall–Kier alpha value is -2.68. The van der Waals surface area contributed by atoms with Crippen LogP contribution in [-0.2, 0) is 4.79 Å². The molecule has 2 rings (SSSR count). The number of hydrogen-bond donors (Lipinski definition) is 3. The van der Waals surface area contributed by atoms with Gasteiger partial charge < -0.3 is 5.11 Å². The van der Waals surface area contributed by atoms with Crippen LogP contribution in [0.3, 0.4) is 0 Å². The monoisotopic (exact) mass is 324 g/mol. The van der Waals surface area contributed by atoms with Crippen molar-refractivity contribution in [3.63, 3.8) is 0 Å². The summed E-state index contributed by atoms with van der Waals surface area (Å²) in [5, 5.41) is 27.4. The second kappa shape index (κ2) is 8.82. The molecule has 1 atom stereocenters. The molecule has 0 saturated carbocycles. The van der Waals surface area contributed by atoms with Crippen molar-refractivity contribution in [3.8, 4) is 17.2 Å². The maximum Gasteiger partial charge on any atom is 0.243 e. The molecular formula is C19H20N2O3. The van der Waals surface area contributed by atoms with Crippen molar-refractivity contribution >= 4 is 5.91 Å². The zero-order valence-electron chi connectivity index (χ0n) is 13.3. The van der Waals surface area contributed by atoms with E-state index >= 15 is 0 Å². The lowest BCUT2D eigenvalue weighted by atomic mass is 9.98. The van der Waals surface area contributed by atoms with E-state index in [0.29, 0.717) is 24.8 Å². The number of benzene rings is 2. The molecule has 0 bridgehead atoms. The quantitative estimate of drug-likeness (QED) is 0.414. The number of nitriles is 1. The summed E-state index contributed by atoms with van der Waals surface area (Å²) in [6.45, 7) is 0. The zero-order chi connectivity index (χ0) is 17.4. The summed E-state index contributed by atoms with van der Waals surface area (Å²) in [5.74, 6) is -0.406. The van der Waals surface area contributed by atoms with E-state index in [4.69, 9.17) is 10.5 Å². The molecule has 5 heteroatoms. The van der Waals surface area contributed by atoms with E-state index < -0.39 is 12.0 Å². The minimum Gasteiger partial charge on any atom is -0.388 e. The van der Waals surface area contributed by atoms with E-state index in [1.54, 1.807) is 17.6 Å². The van der Waals surface area contributed by atoms with Crippen LogP contribution in [0.15, 0.2) is 48.5 Å². The van der Waals surface area contributed by atoms with Gasteiger partial charge in [-0.3, -0.25) is 10.0 Å². The predicted octanol–water partition coefficient (Wildman–Crippen LogP) is 3.32. The van der Waals surface area contributed by atoms with Gasteiger partial charge in [-0.1, -0.05) is 42.8 Å². The topological polar surface area (TPSA) is 93.3 Å². The normalized spacial score (nSPS) is 11.5. The summed E-state index contributed by atoms with van der Waals surface area (Å²) in [6.07, 6.45) is 1.56. The van der Waals surface area contributed by atoms with Gasteiger partial charge in [0.1, 0.15) is 0 Å². The highest BCUT2D eigenvalue weighted by Gasteiger charge is 2.08. The van der Waals surface area contributed by atoms with Gasteiger partial charge in [-0.15, -0.1) is 0 Å². The summed E-state index contributed by atoms with van der Waals surface area (Å²) in [7, 11) is 0. The van der Waals surface area contributed by atoms with E-state index in [2.05, 4.69) is 6.07 Å². The summed E-state index contributed by atoms with van der Waals surface area (Å²) in [5.41, 5.74) is 5.09. The van der Waals surface area contributed by atoms with Crippen LogP contribution in [0.25, 0.3) is 11.1 Å². The van der Waals surface area contributed by atoms with E-state index in [1.165, 1.54) is 0 Å². The van der Waals surface area contributed by atoms with Crippen LogP contribution in [0.5, 0.6) is 0 Å². The summed E-state index contributed by atoms with van der Waals surface area (Å²) in [6, 6.07) is 17.1. The number of unbranched alkanes of at least 4 members (excludes halogenated alkanes) is 1. The highest BCUT2D eigenvalue weighted by Crippen LogP contribution is 2.24. The number of hydroxylamine groups is 1. The molecule has 2 aromatic rings. The fourth-order valence-corrected chi connectivity index (χ4v) is 2.48. The number of carbonyl (C=O) groups is 1. The zero-order valence-corrected chi connectivity index (χ0v) is 13.3. The largest absolute Gasteiger partial charge is 0.388 e. The van der Waals surface area contributed by atoms with Crippen molar-refractivity contribution in [1.82, 2.24) is 5.48 Å². The number of aliphatic hydroxyl groups excluding tert-OH is 1.